The number of nitrogens with one attached hydrogen (secondary N) is 1. The molecule has 4 rings (SSSR count). The third-order valence-corrected chi connectivity index (χ3v) is 5.86. The van der Waals surface area contributed by atoms with Crippen LogP contribution in [0.5, 0.6) is 0 Å². The van der Waals surface area contributed by atoms with Crippen molar-refractivity contribution >= 4 is 17.0 Å². The van der Waals surface area contributed by atoms with Crippen LogP contribution < -0.4 is 10.9 Å². The molecule has 33 heavy (non-hydrogen) atoms. The van der Waals surface area contributed by atoms with Crippen LogP contribution >= 0.6 is 0 Å². The largest absolute Gasteiger partial charge is 0.381 e. The zero-order valence-electron chi connectivity index (χ0n) is 19.4. The lowest BCUT2D eigenvalue weighted by Gasteiger charge is -2.22. The maximum atomic E-state index is 13.3. The second-order valence-electron chi connectivity index (χ2n) is 8.36. The average Bonchev–Trinajstić information content (AvgIpc) is 2.84. The van der Waals surface area contributed by atoms with Gasteiger partial charge in [-0.05, 0) is 50.7 Å². The molecule has 1 saturated heterocycles. The minimum Gasteiger partial charge on any atom is -0.381 e. The van der Waals surface area contributed by atoms with E-state index in [1.54, 1.807) is 17.0 Å². The summed E-state index contributed by atoms with van der Waals surface area (Å²) in [6.45, 7) is 7.76. The van der Waals surface area contributed by atoms with Crippen LogP contribution in [0.15, 0.2) is 29.3 Å². The molecular formula is C24H32N6O3. The number of hydrogen-bond acceptors (Lipinski definition) is 8. The molecule has 1 aliphatic rings. The van der Waals surface area contributed by atoms with E-state index in [1.807, 2.05) is 19.1 Å². The van der Waals surface area contributed by atoms with Gasteiger partial charge in [0.2, 0.25) is 0 Å². The van der Waals surface area contributed by atoms with E-state index in [1.165, 1.54) is 0 Å². The van der Waals surface area contributed by atoms with Gasteiger partial charge in [0.25, 0.3) is 5.56 Å². The van der Waals surface area contributed by atoms with Gasteiger partial charge in [0.15, 0.2) is 11.5 Å². The number of aryl methyl sites for hydroxylation is 1. The van der Waals surface area contributed by atoms with Crippen molar-refractivity contribution in [2.24, 2.45) is 5.92 Å². The fourth-order valence-electron chi connectivity index (χ4n) is 3.96. The third-order valence-electron chi connectivity index (χ3n) is 5.86. The van der Waals surface area contributed by atoms with Crippen molar-refractivity contribution < 1.29 is 9.47 Å². The Morgan fingerprint density at radius 2 is 1.94 bits per heavy atom. The molecule has 0 spiro atoms. The molecule has 0 bridgehead atoms. The lowest BCUT2D eigenvalue weighted by atomic mass is 9.97. The number of ether oxygens (including phenoxy) is 2. The predicted molar refractivity (Wildman–Crippen MR) is 127 cm³/mol. The van der Waals surface area contributed by atoms with Crippen LogP contribution in [0.4, 0.5) is 5.82 Å². The Bertz CT molecular complexity index is 1110. The molecule has 9 heteroatoms. The monoisotopic (exact) mass is 452 g/mol. The number of aromatic nitrogens is 5. The van der Waals surface area contributed by atoms with Crippen LogP contribution in [0.25, 0.3) is 22.4 Å². The van der Waals surface area contributed by atoms with E-state index in [0.717, 1.165) is 44.5 Å². The van der Waals surface area contributed by atoms with E-state index in [0.29, 0.717) is 60.7 Å². The Labute approximate surface area is 193 Å². The van der Waals surface area contributed by atoms with E-state index in [2.05, 4.69) is 27.2 Å². The van der Waals surface area contributed by atoms with Crippen LogP contribution in [-0.2, 0) is 16.0 Å². The number of fused-ring (bicyclic) bond motifs is 1. The molecule has 1 fully saturated rings. The van der Waals surface area contributed by atoms with Crippen LogP contribution in [0.2, 0.25) is 0 Å². The maximum Gasteiger partial charge on any atom is 0.295 e. The van der Waals surface area contributed by atoms with Gasteiger partial charge < -0.3 is 14.8 Å². The fourth-order valence-corrected chi connectivity index (χ4v) is 3.96. The first kappa shape index (κ1) is 23.3. The topological polar surface area (TPSA) is 104 Å². The van der Waals surface area contributed by atoms with E-state index in [4.69, 9.17) is 14.5 Å². The molecule has 3 aromatic rings. The van der Waals surface area contributed by atoms with Gasteiger partial charge in [-0.25, -0.2) is 19.9 Å². The number of rotatable bonds is 10. The van der Waals surface area contributed by atoms with Crippen LogP contribution in [0.3, 0.4) is 0 Å². The van der Waals surface area contributed by atoms with E-state index < -0.39 is 0 Å². The third kappa shape index (κ3) is 5.91. The first-order valence-electron chi connectivity index (χ1n) is 11.8. The van der Waals surface area contributed by atoms with Crippen LogP contribution in [-0.4, -0.2) is 57.5 Å². The number of anilines is 1. The first-order valence-corrected chi connectivity index (χ1v) is 11.8. The highest BCUT2D eigenvalue weighted by Crippen LogP contribution is 2.20. The van der Waals surface area contributed by atoms with Crippen molar-refractivity contribution in [2.45, 2.75) is 46.1 Å². The summed E-state index contributed by atoms with van der Waals surface area (Å²) >= 11 is 0. The highest BCUT2D eigenvalue weighted by molar-refractivity contribution is 5.76. The zero-order valence-corrected chi connectivity index (χ0v) is 19.4. The van der Waals surface area contributed by atoms with Crippen molar-refractivity contribution in [1.82, 2.24) is 24.5 Å². The minimum absolute atomic E-state index is 0.181. The maximum absolute atomic E-state index is 13.3. The van der Waals surface area contributed by atoms with Gasteiger partial charge in [-0.1, -0.05) is 6.92 Å². The highest BCUT2D eigenvalue weighted by atomic mass is 16.5. The molecule has 1 aliphatic heterocycles. The van der Waals surface area contributed by atoms with E-state index in [9.17, 15) is 4.79 Å². The summed E-state index contributed by atoms with van der Waals surface area (Å²) in [5, 5.41) is 3.27. The first-order chi connectivity index (χ1) is 16.2. The summed E-state index contributed by atoms with van der Waals surface area (Å²) < 4.78 is 12.8. The molecule has 176 valence electrons. The van der Waals surface area contributed by atoms with Crippen LogP contribution in [0.1, 0.15) is 38.4 Å². The fraction of sp³-hybridized carbons (Fsp3) is 0.542. The Morgan fingerprint density at radius 1 is 1.15 bits per heavy atom. The van der Waals surface area contributed by atoms with Crippen molar-refractivity contribution in [3.05, 3.63) is 40.7 Å². The average molecular weight is 453 g/mol. The van der Waals surface area contributed by atoms with Crippen molar-refractivity contribution in [2.75, 3.05) is 38.3 Å². The molecule has 0 unspecified atom stereocenters. The van der Waals surface area contributed by atoms with Gasteiger partial charge in [-0.15, -0.1) is 0 Å². The predicted octanol–water partition coefficient (Wildman–Crippen LogP) is 3.21. The Kier molecular flexibility index (Phi) is 7.96. The number of pyridine rings is 1. The zero-order chi connectivity index (χ0) is 23.0. The van der Waals surface area contributed by atoms with Crippen molar-refractivity contribution in [3.8, 4) is 11.3 Å². The molecule has 0 atom stereocenters. The van der Waals surface area contributed by atoms with Gasteiger partial charge in [0, 0.05) is 44.3 Å². The highest BCUT2D eigenvalue weighted by Gasteiger charge is 2.16. The van der Waals surface area contributed by atoms with Crippen molar-refractivity contribution in [1.29, 1.82) is 0 Å². The lowest BCUT2D eigenvalue weighted by Crippen LogP contribution is -2.28. The summed E-state index contributed by atoms with van der Waals surface area (Å²) in [5.41, 5.74) is 2.51. The normalized spacial score (nSPS) is 14.6. The second kappa shape index (κ2) is 11.3. The van der Waals surface area contributed by atoms with Gasteiger partial charge in [0.05, 0.1) is 18.8 Å². The van der Waals surface area contributed by atoms with Gasteiger partial charge in [-0.2, -0.15) is 0 Å². The second-order valence-corrected chi connectivity index (χ2v) is 8.36. The van der Waals surface area contributed by atoms with Gasteiger partial charge >= 0.3 is 0 Å². The molecule has 0 aromatic carbocycles. The number of nitrogens with zero attached hydrogens (tertiary/aromatic N) is 5. The Morgan fingerprint density at radius 3 is 2.70 bits per heavy atom. The smallest absolute Gasteiger partial charge is 0.295 e. The minimum atomic E-state index is -0.181. The van der Waals surface area contributed by atoms with Gasteiger partial charge in [-0.3, -0.25) is 9.36 Å². The Balaban J connectivity index is 1.61. The van der Waals surface area contributed by atoms with Crippen LogP contribution in [0, 0.1) is 12.8 Å². The molecule has 3 aromatic heterocycles. The summed E-state index contributed by atoms with van der Waals surface area (Å²) in [6.07, 6.45) is 7.54. The number of hydrogen-bond donors (Lipinski definition) is 1. The summed E-state index contributed by atoms with van der Waals surface area (Å²) in [5.74, 6) is 1.68. The lowest BCUT2D eigenvalue weighted by molar-refractivity contribution is 0.0649. The molecule has 0 radical (unpaired) electrons. The standard InChI is InChI=1S/C24H32N6O3/c1-3-11-32-14-10-30-23-21(5-4-20(29-23)19-15-26-17(2)27-16-19)28-22(24(30)31)25-9-6-18-7-12-33-13-8-18/h4-5,15-16,18H,3,6-14H2,1-2H3,(H,25,28). The van der Waals surface area contributed by atoms with E-state index >= 15 is 0 Å². The van der Waals surface area contributed by atoms with Crippen molar-refractivity contribution in [3.63, 3.8) is 0 Å². The molecule has 9 nitrogen and oxygen atoms in total. The summed E-state index contributed by atoms with van der Waals surface area (Å²) in [6, 6.07) is 3.78. The molecule has 0 amide bonds. The summed E-state index contributed by atoms with van der Waals surface area (Å²) in [7, 11) is 0. The van der Waals surface area contributed by atoms with Gasteiger partial charge in [0.1, 0.15) is 11.3 Å². The summed E-state index contributed by atoms with van der Waals surface area (Å²) in [4.78, 5) is 31.2. The molecule has 0 saturated carbocycles. The quantitative estimate of drug-likeness (QED) is 0.468. The SMILES string of the molecule is CCCOCCn1c(=O)c(NCCC2CCOCC2)nc2ccc(-c3cnc(C)nc3)nc21. The molecular weight excluding hydrogens is 420 g/mol. The Hall–Kier alpha value is -2.91. The molecule has 1 N–H and O–H groups in total. The molecule has 0 aliphatic carbocycles. The van der Waals surface area contributed by atoms with E-state index in [-0.39, 0.29) is 5.56 Å². The molecule has 4 heterocycles.